The molecule has 1 N–H and O–H groups in total. The minimum atomic E-state index is -3.67. The Bertz CT molecular complexity index is 1500. The van der Waals surface area contributed by atoms with Crippen LogP contribution in [0.2, 0.25) is 10.0 Å². The van der Waals surface area contributed by atoms with Crippen LogP contribution in [0, 0.1) is 0 Å². The molecule has 0 atom stereocenters. The van der Waals surface area contributed by atoms with Crippen molar-refractivity contribution in [2.24, 2.45) is 0 Å². The number of nitrogens with zero attached hydrogens (tertiary/aromatic N) is 4. The molecule has 0 radical (unpaired) electrons. The van der Waals surface area contributed by atoms with E-state index in [-0.39, 0.29) is 22.6 Å². The number of nitrogens with one attached hydrogen (secondary N) is 1. The molecule has 1 amide bonds. The molecule has 1 aromatic heterocycles. The lowest BCUT2D eigenvalue weighted by Crippen LogP contribution is -2.35. The number of hydrogen-bond acceptors (Lipinski definition) is 7. The van der Waals surface area contributed by atoms with E-state index in [0.717, 1.165) is 50.5 Å². The van der Waals surface area contributed by atoms with Crippen LogP contribution in [0.1, 0.15) is 57.4 Å². The third kappa shape index (κ3) is 6.85. The van der Waals surface area contributed by atoms with Gasteiger partial charge < -0.3 is 10.1 Å². The van der Waals surface area contributed by atoms with Gasteiger partial charge in [0.05, 0.1) is 28.5 Å². The lowest BCUT2D eigenvalue weighted by atomic mass is 9.95. The molecule has 5 rings (SSSR count). The number of anilines is 1. The fourth-order valence-corrected chi connectivity index (χ4v) is 8.26. The highest BCUT2D eigenvalue weighted by Crippen LogP contribution is 2.38. The molecule has 0 unspecified atom stereocenters. The maximum Gasteiger partial charge on any atom is 0.243 e. The van der Waals surface area contributed by atoms with Gasteiger partial charge in [0.15, 0.2) is 11.0 Å². The van der Waals surface area contributed by atoms with E-state index in [2.05, 4.69) is 20.1 Å². The highest BCUT2D eigenvalue weighted by atomic mass is 35.5. The SMILES string of the molecule is COc1ccc(S(=O)(=O)N2CCCCC2)cc1NC(=O)CSc1nnc(-c2ccc(Cl)cc2Cl)n1C1CCCCC1. The molecular weight excluding hydrogens is 605 g/mol. The van der Waals surface area contributed by atoms with Crippen molar-refractivity contribution >= 4 is 56.6 Å². The highest BCUT2D eigenvalue weighted by Gasteiger charge is 2.28. The first-order valence-electron chi connectivity index (χ1n) is 13.8. The Hall–Kier alpha value is -2.31. The Balaban J connectivity index is 1.35. The van der Waals surface area contributed by atoms with Gasteiger partial charge in [-0.05, 0) is 62.1 Å². The van der Waals surface area contributed by atoms with E-state index >= 15 is 0 Å². The number of halogens is 2. The average Bonchev–Trinajstić information content (AvgIpc) is 3.40. The third-order valence-electron chi connectivity index (χ3n) is 7.51. The molecule has 13 heteroatoms. The van der Waals surface area contributed by atoms with Gasteiger partial charge in [0.2, 0.25) is 15.9 Å². The summed E-state index contributed by atoms with van der Waals surface area (Å²) >= 11 is 13.9. The Morgan fingerprint density at radius 3 is 2.46 bits per heavy atom. The number of amides is 1. The molecule has 220 valence electrons. The lowest BCUT2D eigenvalue weighted by molar-refractivity contribution is -0.113. The minimum absolute atomic E-state index is 0.0471. The first kappa shape index (κ1) is 30.2. The van der Waals surface area contributed by atoms with Crippen LogP contribution >= 0.6 is 35.0 Å². The molecule has 1 aliphatic carbocycles. The van der Waals surface area contributed by atoms with Gasteiger partial charge in [-0.15, -0.1) is 10.2 Å². The van der Waals surface area contributed by atoms with E-state index in [1.165, 1.54) is 41.7 Å². The summed E-state index contributed by atoms with van der Waals surface area (Å²) in [6.45, 7) is 0.995. The predicted molar refractivity (Wildman–Crippen MR) is 163 cm³/mol. The van der Waals surface area contributed by atoms with E-state index in [4.69, 9.17) is 27.9 Å². The molecule has 2 aromatic carbocycles. The second kappa shape index (κ2) is 13.3. The van der Waals surface area contributed by atoms with Gasteiger partial charge in [-0.25, -0.2) is 8.42 Å². The van der Waals surface area contributed by atoms with Gasteiger partial charge in [0.1, 0.15) is 5.75 Å². The normalized spacial score (nSPS) is 17.0. The number of hydrogen-bond donors (Lipinski definition) is 1. The number of aromatic nitrogens is 3. The van der Waals surface area contributed by atoms with Crippen LogP contribution in [0.3, 0.4) is 0 Å². The summed E-state index contributed by atoms with van der Waals surface area (Å²) in [5, 5.41) is 13.4. The van der Waals surface area contributed by atoms with Crippen LogP contribution in [0.5, 0.6) is 5.75 Å². The van der Waals surface area contributed by atoms with E-state index in [9.17, 15) is 13.2 Å². The number of ether oxygens (including phenoxy) is 1. The summed E-state index contributed by atoms with van der Waals surface area (Å²) in [5.74, 6) is 0.765. The summed E-state index contributed by atoms with van der Waals surface area (Å²) < 4.78 is 35.4. The van der Waals surface area contributed by atoms with Crippen LogP contribution in [-0.4, -0.2) is 59.3 Å². The van der Waals surface area contributed by atoms with Crippen molar-refractivity contribution in [2.75, 3.05) is 31.3 Å². The van der Waals surface area contributed by atoms with Crippen LogP contribution in [-0.2, 0) is 14.8 Å². The van der Waals surface area contributed by atoms with Crippen LogP contribution < -0.4 is 10.1 Å². The van der Waals surface area contributed by atoms with Crippen molar-refractivity contribution in [1.82, 2.24) is 19.1 Å². The molecule has 9 nitrogen and oxygen atoms in total. The van der Waals surface area contributed by atoms with Gasteiger partial charge in [0.25, 0.3) is 0 Å². The van der Waals surface area contributed by atoms with Crippen molar-refractivity contribution in [1.29, 1.82) is 0 Å². The van der Waals surface area contributed by atoms with Gasteiger partial charge >= 0.3 is 0 Å². The maximum atomic E-state index is 13.2. The molecule has 3 aromatic rings. The predicted octanol–water partition coefficient (Wildman–Crippen LogP) is 6.67. The summed E-state index contributed by atoms with van der Waals surface area (Å²) in [5.41, 5.74) is 1.04. The van der Waals surface area contributed by atoms with Gasteiger partial charge in [-0.1, -0.05) is 60.6 Å². The van der Waals surface area contributed by atoms with Crippen molar-refractivity contribution in [3.05, 3.63) is 46.4 Å². The van der Waals surface area contributed by atoms with Crippen molar-refractivity contribution in [3.63, 3.8) is 0 Å². The van der Waals surface area contributed by atoms with E-state index in [1.807, 2.05) is 6.07 Å². The van der Waals surface area contributed by atoms with E-state index < -0.39 is 10.0 Å². The minimum Gasteiger partial charge on any atom is -0.495 e. The molecule has 2 fully saturated rings. The van der Waals surface area contributed by atoms with Crippen LogP contribution in [0.4, 0.5) is 5.69 Å². The van der Waals surface area contributed by atoms with E-state index in [0.29, 0.717) is 45.6 Å². The topological polar surface area (TPSA) is 106 Å². The molecule has 2 aliphatic rings. The van der Waals surface area contributed by atoms with Crippen molar-refractivity contribution < 1.29 is 17.9 Å². The molecule has 41 heavy (non-hydrogen) atoms. The first-order valence-corrected chi connectivity index (χ1v) is 17.0. The van der Waals surface area contributed by atoms with Gasteiger partial charge in [0, 0.05) is 29.7 Å². The lowest BCUT2D eigenvalue weighted by Gasteiger charge is -2.26. The zero-order valence-electron chi connectivity index (χ0n) is 22.8. The Kier molecular flexibility index (Phi) is 9.81. The Morgan fingerprint density at radius 2 is 1.76 bits per heavy atom. The largest absolute Gasteiger partial charge is 0.495 e. The highest BCUT2D eigenvalue weighted by molar-refractivity contribution is 7.99. The van der Waals surface area contributed by atoms with E-state index in [1.54, 1.807) is 18.2 Å². The molecule has 1 saturated heterocycles. The quantitative estimate of drug-likeness (QED) is 0.261. The van der Waals surface area contributed by atoms with Crippen LogP contribution in [0.15, 0.2) is 46.5 Å². The van der Waals surface area contributed by atoms with Crippen LogP contribution in [0.25, 0.3) is 11.4 Å². The average molecular weight is 639 g/mol. The molecule has 1 saturated carbocycles. The molecule has 1 aliphatic heterocycles. The number of thioether (sulfide) groups is 1. The fraction of sp³-hybridized carbons (Fsp3) is 0.464. The van der Waals surface area contributed by atoms with Gasteiger partial charge in [-0.3, -0.25) is 9.36 Å². The smallest absolute Gasteiger partial charge is 0.243 e. The summed E-state index contributed by atoms with van der Waals surface area (Å²) in [6, 6.07) is 10.1. The van der Waals surface area contributed by atoms with Gasteiger partial charge in [-0.2, -0.15) is 4.31 Å². The third-order valence-corrected chi connectivity index (χ3v) is 10.9. The maximum absolute atomic E-state index is 13.2. The number of methoxy groups -OCH3 is 1. The zero-order valence-corrected chi connectivity index (χ0v) is 26.0. The standard InChI is InChI=1S/C28H33Cl2N5O4S2/c1-39-25-13-11-21(41(37,38)34-14-6-3-7-15-34)17-24(25)31-26(36)18-40-28-33-32-27(22-12-10-19(29)16-23(22)30)35(28)20-8-4-2-5-9-20/h10-13,16-17,20H,2-9,14-15,18H2,1H3,(H,31,36). The zero-order chi connectivity index (χ0) is 29.0. The number of sulfonamides is 1. The number of benzene rings is 2. The van der Waals surface area contributed by atoms with Crippen molar-refractivity contribution in [2.45, 2.75) is 67.5 Å². The summed E-state index contributed by atoms with van der Waals surface area (Å²) in [4.78, 5) is 13.3. The fourth-order valence-electron chi connectivity index (χ4n) is 5.41. The number of carbonyl (C=O) groups is 1. The Labute approximate surface area is 255 Å². The number of piperidine rings is 1. The molecule has 0 spiro atoms. The second-order valence-electron chi connectivity index (χ2n) is 10.3. The van der Waals surface area contributed by atoms with Crippen molar-refractivity contribution in [3.8, 4) is 17.1 Å². The molecular formula is C28H33Cl2N5O4S2. The number of carbonyl (C=O) groups excluding carboxylic acids is 1. The number of rotatable bonds is 9. The molecule has 2 heterocycles. The summed E-state index contributed by atoms with van der Waals surface area (Å²) in [7, 11) is -2.19. The second-order valence-corrected chi connectivity index (χ2v) is 14.0. The first-order chi connectivity index (χ1) is 19.8. The molecule has 0 bridgehead atoms. The monoisotopic (exact) mass is 637 g/mol. The summed E-state index contributed by atoms with van der Waals surface area (Å²) in [6.07, 6.45) is 8.10. The Morgan fingerprint density at radius 1 is 1.02 bits per heavy atom.